The van der Waals surface area contributed by atoms with Gasteiger partial charge in [0, 0.05) is 11.3 Å². The van der Waals surface area contributed by atoms with Gasteiger partial charge in [0.05, 0.1) is 7.11 Å². The fourth-order valence-electron chi connectivity index (χ4n) is 1.43. The lowest BCUT2D eigenvalue weighted by molar-refractivity contribution is 0.415. The van der Waals surface area contributed by atoms with Gasteiger partial charge in [0.2, 0.25) is 5.16 Å². The zero-order chi connectivity index (χ0) is 13.0. The summed E-state index contributed by atoms with van der Waals surface area (Å²) in [4.78, 5) is 4.46. The summed E-state index contributed by atoms with van der Waals surface area (Å²) in [6.45, 7) is 4.37. The monoisotopic (exact) mass is 263 g/mol. The van der Waals surface area contributed by atoms with Gasteiger partial charge in [-0.2, -0.15) is 0 Å². The summed E-state index contributed by atoms with van der Waals surface area (Å²) in [6.07, 6.45) is 0. The molecule has 2 rings (SSSR count). The average Bonchev–Trinajstić information content (AvgIpc) is 2.85. The summed E-state index contributed by atoms with van der Waals surface area (Å²) in [5.74, 6) is 3.30. The third-order valence-corrected chi connectivity index (χ3v) is 3.65. The Morgan fingerprint density at radius 1 is 1.28 bits per heavy atom. The number of nitrogens with one attached hydrogen (secondary N) is 1. The van der Waals surface area contributed by atoms with Crippen LogP contribution in [-0.2, 0) is 0 Å². The van der Waals surface area contributed by atoms with Gasteiger partial charge < -0.3 is 4.74 Å². The lowest BCUT2D eigenvalue weighted by Gasteiger charge is -2.00. The molecule has 96 valence electrons. The van der Waals surface area contributed by atoms with Crippen LogP contribution in [0.25, 0.3) is 11.4 Å². The molecule has 5 heteroatoms. The van der Waals surface area contributed by atoms with Crippen LogP contribution in [0.5, 0.6) is 5.75 Å². The van der Waals surface area contributed by atoms with E-state index < -0.39 is 0 Å². The number of ether oxygens (including phenoxy) is 1. The number of aromatic amines is 1. The van der Waals surface area contributed by atoms with Crippen LogP contribution in [0.2, 0.25) is 0 Å². The van der Waals surface area contributed by atoms with Crippen LogP contribution in [-0.4, -0.2) is 28.0 Å². The zero-order valence-electron chi connectivity index (χ0n) is 10.8. The normalized spacial score (nSPS) is 10.9. The van der Waals surface area contributed by atoms with E-state index in [-0.39, 0.29) is 0 Å². The van der Waals surface area contributed by atoms with E-state index in [1.807, 2.05) is 24.3 Å². The maximum atomic E-state index is 5.12. The summed E-state index contributed by atoms with van der Waals surface area (Å²) in [6, 6.07) is 7.77. The second-order valence-corrected chi connectivity index (χ2v) is 5.39. The maximum absolute atomic E-state index is 5.12. The number of hydrogen-bond acceptors (Lipinski definition) is 4. The second-order valence-electron chi connectivity index (χ2n) is 4.40. The molecule has 0 radical (unpaired) electrons. The number of methoxy groups -OCH3 is 1. The molecule has 2 aromatic rings. The molecule has 0 amide bonds. The summed E-state index contributed by atoms with van der Waals surface area (Å²) in [7, 11) is 1.66. The Morgan fingerprint density at radius 3 is 2.61 bits per heavy atom. The number of hydrogen-bond donors (Lipinski definition) is 1. The lowest BCUT2D eigenvalue weighted by atomic mass is 10.2. The van der Waals surface area contributed by atoms with E-state index in [4.69, 9.17) is 4.74 Å². The highest BCUT2D eigenvalue weighted by Crippen LogP contribution is 2.22. The first-order valence-corrected chi connectivity index (χ1v) is 6.87. The molecule has 0 bridgehead atoms. The Labute approximate surface area is 111 Å². The van der Waals surface area contributed by atoms with Gasteiger partial charge in [-0.05, 0) is 30.2 Å². The molecule has 0 atom stereocenters. The fourth-order valence-corrected chi connectivity index (χ4v) is 2.18. The van der Waals surface area contributed by atoms with Crippen molar-refractivity contribution in [2.75, 3.05) is 12.9 Å². The Balaban J connectivity index is 2.08. The van der Waals surface area contributed by atoms with Crippen molar-refractivity contribution in [1.29, 1.82) is 0 Å². The molecular weight excluding hydrogens is 246 g/mol. The summed E-state index contributed by atoms with van der Waals surface area (Å²) >= 11 is 1.67. The van der Waals surface area contributed by atoms with Gasteiger partial charge in [-0.1, -0.05) is 25.6 Å². The Kier molecular flexibility index (Phi) is 4.25. The van der Waals surface area contributed by atoms with E-state index in [1.165, 1.54) is 0 Å². The van der Waals surface area contributed by atoms with Gasteiger partial charge in [-0.15, -0.1) is 5.10 Å². The lowest BCUT2D eigenvalue weighted by Crippen LogP contribution is -1.90. The number of benzene rings is 1. The highest BCUT2D eigenvalue weighted by molar-refractivity contribution is 7.99. The first kappa shape index (κ1) is 13.0. The Morgan fingerprint density at radius 2 is 2.00 bits per heavy atom. The van der Waals surface area contributed by atoms with Crippen molar-refractivity contribution in [2.24, 2.45) is 5.92 Å². The van der Waals surface area contributed by atoms with E-state index in [0.717, 1.165) is 28.0 Å². The SMILES string of the molecule is COc1ccc(-c2nc(SCC(C)C)n[nH]2)cc1. The van der Waals surface area contributed by atoms with Gasteiger partial charge in [0.25, 0.3) is 0 Å². The molecule has 18 heavy (non-hydrogen) atoms. The topological polar surface area (TPSA) is 50.8 Å². The van der Waals surface area contributed by atoms with Crippen LogP contribution in [0, 0.1) is 5.92 Å². The van der Waals surface area contributed by atoms with Crippen molar-refractivity contribution in [3.63, 3.8) is 0 Å². The van der Waals surface area contributed by atoms with Gasteiger partial charge in [0.15, 0.2) is 5.82 Å². The average molecular weight is 263 g/mol. The molecule has 0 aliphatic rings. The second kappa shape index (κ2) is 5.91. The largest absolute Gasteiger partial charge is 0.497 e. The minimum absolute atomic E-state index is 0.637. The first-order chi connectivity index (χ1) is 8.69. The molecule has 4 nitrogen and oxygen atoms in total. The van der Waals surface area contributed by atoms with Crippen LogP contribution >= 0.6 is 11.8 Å². The van der Waals surface area contributed by atoms with Crippen LogP contribution < -0.4 is 4.74 Å². The summed E-state index contributed by atoms with van der Waals surface area (Å²) < 4.78 is 5.12. The zero-order valence-corrected chi connectivity index (χ0v) is 11.6. The van der Waals surface area contributed by atoms with Crippen molar-refractivity contribution in [3.05, 3.63) is 24.3 Å². The minimum Gasteiger partial charge on any atom is -0.497 e. The van der Waals surface area contributed by atoms with E-state index in [0.29, 0.717) is 5.92 Å². The van der Waals surface area contributed by atoms with Gasteiger partial charge in [-0.3, -0.25) is 5.10 Å². The molecule has 1 aromatic carbocycles. The number of aromatic nitrogens is 3. The molecule has 1 N–H and O–H groups in total. The summed E-state index contributed by atoms with van der Waals surface area (Å²) in [5, 5.41) is 7.96. The highest BCUT2D eigenvalue weighted by atomic mass is 32.2. The molecule has 0 saturated carbocycles. The molecule has 0 fully saturated rings. The van der Waals surface area contributed by atoms with E-state index in [2.05, 4.69) is 29.0 Å². The van der Waals surface area contributed by atoms with Crippen molar-refractivity contribution in [2.45, 2.75) is 19.0 Å². The molecule has 1 aromatic heterocycles. The van der Waals surface area contributed by atoms with Crippen LogP contribution in [0.1, 0.15) is 13.8 Å². The van der Waals surface area contributed by atoms with Gasteiger partial charge >= 0.3 is 0 Å². The molecule has 0 spiro atoms. The molecule has 0 unspecified atom stereocenters. The number of H-pyrrole nitrogens is 1. The van der Waals surface area contributed by atoms with Crippen LogP contribution in [0.3, 0.4) is 0 Å². The predicted molar refractivity (Wildman–Crippen MR) is 73.9 cm³/mol. The van der Waals surface area contributed by atoms with Crippen molar-refractivity contribution < 1.29 is 4.74 Å². The van der Waals surface area contributed by atoms with Crippen molar-refractivity contribution in [3.8, 4) is 17.1 Å². The Bertz CT molecular complexity index is 493. The fraction of sp³-hybridized carbons (Fsp3) is 0.385. The van der Waals surface area contributed by atoms with Crippen molar-refractivity contribution in [1.82, 2.24) is 15.2 Å². The van der Waals surface area contributed by atoms with Gasteiger partial charge in [0.1, 0.15) is 5.75 Å². The Hall–Kier alpha value is -1.49. The maximum Gasteiger partial charge on any atom is 0.208 e. The molecule has 0 aliphatic carbocycles. The van der Waals surface area contributed by atoms with Crippen LogP contribution in [0.15, 0.2) is 29.4 Å². The van der Waals surface area contributed by atoms with E-state index >= 15 is 0 Å². The predicted octanol–water partition coefficient (Wildman–Crippen LogP) is 3.23. The summed E-state index contributed by atoms with van der Waals surface area (Å²) in [5.41, 5.74) is 1.01. The number of rotatable bonds is 5. The molecule has 0 saturated heterocycles. The first-order valence-electron chi connectivity index (χ1n) is 5.88. The smallest absolute Gasteiger partial charge is 0.208 e. The third kappa shape index (κ3) is 3.26. The van der Waals surface area contributed by atoms with Crippen molar-refractivity contribution >= 4 is 11.8 Å². The van der Waals surface area contributed by atoms with E-state index in [1.54, 1.807) is 18.9 Å². The molecular formula is C13H17N3OS. The van der Waals surface area contributed by atoms with Crippen LogP contribution in [0.4, 0.5) is 0 Å². The number of nitrogens with zero attached hydrogens (tertiary/aromatic N) is 2. The van der Waals surface area contributed by atoms with E-state index in [9.17, 15) is 0 Å². The van der Waals surface area contributed by atoms with Gasteiger partial charge in [-0.25, -0.2) is 4.98 Å². The number of thioether (sulfide) groups is 1. The third-order valence-electron chi connectivity index (χ3n) is 2.37. The minimum atomic E-state index is 0.637. The quantitative estimate of drug-likeness (QED) is 0.841. The standard InChI is InChI=1S/C13H17N3OS/c1-9(2)8-18-13-14-12(15-16-13)10-4-6-11(17-3)7-5-10/h4-7,9H,8H2,1-3H3,(H,14,15,16). The highest BCUT2D eigenvalue weighted by Gasteiger charge is 2.07. The molecule has 0 aliphatic heterocycles. The molecule has 1 heterocycles.